The van der Waals surface area contributed by atoms with Crippen LogP contribution < -0.4 is 10.2 Å². The monoisotopic (exact) mass is 251 g/mol. The van der Waals surface area contributed by atoms with Crippen LogP contribution in [-0.2, 0) is 11.2 Å². The molecule has 100 valence electrons. The van der Waals surface area contributed by atoms with E-state index in [0.29, 0.717) is 6.54 Å². The molecule has 0 radical (unpaired) electrons. The van der Waals surface area contributed by atoms with Crippen LogP contribution in [0.1, 0.15) is 12.5 Å². The first kappa shape index (κ1) is 14.2. The summed E-state index contributed by atoms with van der Waals surface area (Å²) in [4.78, 5) is 23.6. The van der Waals surface area contributed by atoms with Crippen LogP contribution in [0.5, 0.6) is 0 Å². The van der Waals surface area contributed by atoms with Gasteiger partial charge in [-0.3, -0.25) is 4.79 Å². The normalized spacial score (nSPS) is 10.1. The number of hydrogen-bond acceptors (Lipinski definition) is 5. The molecule has 1 rings (SSSR count). The molecule has 0 unspecified atom stereocenters. The van der Waals surface area contributed by atoms with Crippen molar-refractivity contribution in [3.63, 3.8) is 0 Å². The zero-order valence-electron chi connectivity index (χ0n) is 11.7. The summed E-state index contributed by atoms with van der Waals surface area (Å²) in [5.41, 5.74) is 1.02. The van der Waals surface area contributed by atoms with Crippen LogP contribution in [0.2, 0.25) is 0 Å². The van der Waals surface area contributed by atoms with Gasteiger partial charge in [-0.15, -0.1) is 0 Å². The Balaban J connectivity index is 2.98. The number of hydrogen-bond donors (Lipinski definition) is 1. The van der Waals surface area contributed by atoms with E-state index in [2.05, 4.69) is 15.3 Å². The van der Waals surface area contributed by atoms with E-state index in [-0.39, 0.29) is 5.91 Å². The molecule has 1 aromatic heterocycles. The van der Waals surface area contributed by atoms with E-state index in [4.69, 9.17) is 0 Å². The predicted molar refractivity (Wildman–Crippen MR) is 72.9 cm³/mol. The Hall–Kier alpha value is -1.85. The standard InChI is InChI=1S/C12H21N5O/c1-6-9-11(13-2)14-8-15-12(9)17(5)7-10(18)16(3)4/h8H,6-7H2,1-5H3,(H,13,14,15). The molecule has 1 N–H and O–H groups in total. The van der Waals surface area contributed by atoms with E-state index < -0.39 is 0 Å². The number of anilines is 2. The molecule has 6 heteroatoms. The maximum absolute atomic E-state index is 11.7. The Morgan fingerprint density at radius 1 is 1.33 bits per heavy atom. The average Bonchev–Trinajstić information content (AvgIpc) is 2.37. The molecule has 6 nitrogen and oxygen atoms in total. The Kier molecular flexibility index (Phi) is 4.88. The summed E-state index contributed by atoms with van der Waals surface area (Å²) in [7, 11) is 7.18. The molecule has 18 heavy (non-hydrogen) atoms. The molecule has 0 saturated heterocycles. The van der Waals surface area contributed by atoms with Crippen molar-refractivity contribution in [3.8, 4) is 0 Å². The molecular formula is C12H21N5O. The van der Waals surface area contributed by atoms with Crippen molar-refractivity contribution < 1.29 is 4.79 Å². The lowest BCUT2D eigenvalue weighted by Crippen LogP contribution is -2.35. The fraction of sp³-hybridized carbons (Fsp3) is 0.583. The lowest BCUT2D eigenvalue weighted by molar-refractivity contribution is -0.127. The molecule has 0 aromatic carbocycles. The van der Waals surface area contributed by atoms with E-state index in [1.807, 2.05) is 25.9 Å². The number of rotatable bonds is 5. The van der Waals surface area contributed by atoms with Gasteiger partial charge in [-0.25, -0.2) is 9.97 Å². The van der Waals surface area contributed by atoms with Crippen LogP contribution in [0.25, 0.3) is 0 Å². The first-order chi connectivity index (χ1) is 8.51. The Bertz CT molecular complexity index is 419. The third-order valence-electron chi connectivity index (χ3n) is 2.75. The SMILES string of the molecule is CCc1c(NC)ncnc1N(C)CC(=O)N(C)C. The highest BCUT2D eigenvalue weighted by molar-refractivity contribution is 5.81. The number of carbonyl (C=O) groups excluding carboxylic acids is 1. The van der Waals surface area contributed by atoms with Crippen LogP contribution in [0.15, 0.2) is 6.33 Å². The molecule has 0 bridgehead atoms. The highest BCUT2D eigenvalue weighted by atomic mass is 16.2. The minimum atomic E-state index is 0.0455. The molecular weight excluding hydrogens is 230 g/mol. The zero-order chi connectivity index (χ0) is 13.7. The fourth-order valence-corrected chi connectivity index (χ4v) is 1.69. The summed E-state index contributed by atoms with van der Waals surface area (Å²) in [5.74, 6) is 1.66. The second-order valence-corrected chi connectivity index (χ2v) is 4.27. The minimum Gasteiger partial charge on any atom is -0.373 e. The molecule has 0 atom stereocenters. The van der Waals surface area contributed by atoms with Gasteiger partial charge in [0.2, 0.25) is 5.91 Å². The van der Waals surface area contributed by atoms with E-state index in [1.54, 1.807) is 19.0 Å². The van der Waals surface area contributed by atoms with Crippen molar-refractivity contribution in [2.24, 2.45) is 0 Å². The first-order valence-electron chi connectivity index (χ1n) is 5.94. The third kappa shape index (κ3) is 3.09. The summed E-state index contributed by atoms with van der Waals surface area (Å²) in [5, 5.41) is 3.04. The Morgan fingerprint density at radius 3 is 2.50 bits per heavy atom. The molecule has 0 spiro atoms. The van der Waals surface area contributed by atoms with Crippen molar-refractivity contribution in [1.29, 1.82) is 0 Å². The lowest BCUT2D eigenvalue weighted by Gasteiger charge is -2.22. The van der Waals surface area contributed by atoms with Crippen LogP contribution in [0, 0.1) is 0 Å². The molecule has 0 aliphatic heterocycles. The van der Waals surface area contributed by atoms with Crippen molar-refractivity contribution in [2.75, 3.05) is 45.0 Å². The second-order valence-electron chi connectivity index (χ2n) is 4.27. The first-order valence-corrected chi connectivity index (χ1v) is 5.94. The lowest BCUT2D eigenvalue weighted by atomic mass is 10.2. The highest BCUT2D eigenvalue weighted by Crippen LogP contribution is 2.22. The molecule has 0 aliphatic carbocycles. The van der Waals surface area contributed by atoms with Crippen molar-refractivity contribution >= 4 is 17.5 Å². The molecule has 0 aliphatic rings. The summed E-state index contributed by atoms with van der Waals surface area (Å²) in [6.45, 7) is 2.35. The van der Waals surface area contributed by atoms with Gasteiger partial charge in [0.05, 0.1) is 6.54 Å². The van der Waals surface area contributed by atoms with Crippen LogP contribution in [0.4, 0.5) is 11.6 Å². The Morgan fingerprint density at radius 2 is 2.00 bits per heavy atom. The van der Waals surface area contributed by atoms with E-state index in [1.165, 1.54) is 6.33 Å². The number of aromatic nitrogens is 2. The minimum absolute atomic E-state index is 0.0455. The van der Waals surface area contributed by atoms with Crippen molar-refractivity contribution in [3.05, 3.63) is 11.9 Å². The zero-order valence-corrected chi connectivity index (χ0v) is 11.7. The molecule has 1 heterocycles. The molecule has 0 fully saturated rings. The molecule has 0 saturated carbocycles. The smallest absolute Gasteiger partial charge is 0.241 e. The van der Waals surface area contributed by atoms with Gasteiger partial charge in [-0.1, -0.05) is 6.92 Å². The highest BCUT2D eigenvalue weighted by Gasteiger charge is 2.15. The summed E-state index contributed by atoms with van der Waals surface area (Å²) >= 11 is 0. The number of amides is 1. The summed E-state index contributed by atoms with van der Waals surface area (Å²) < 4.78 is 0. The summed E-state index contributed by atoms with van der Waals surface area (Å²) in [6.07, 6.45) is 2.32. The van der Waals surface area contributed by atoms with Gasteiger partial charge in [-0.2, -0.15) is 0 Å². The van der Waals surface area contributed by atoms with Crippen LogP contribution in [-0.4, -0.2) is 55.5 Å². The molecule has 1 amide bonds. The van der Waals surface area contributed by atoms with Crippen molar-refractivity contribution in [1.82, 2.24) is 14.9 Å². The number of carbonyl (C=O) groups is 1. The average molecular weight is 251 g/mol. The topological polar surface area (TPSA) is 61.4 Å². The van der Waals surface area contributed by atoms with Gasteiger partial charge in [0.15, 0.2) is 0 Å². The second kappa shape index (κ2) is 6.18. The van der Waals surface area contributed by atoms with Gasteiger partial charge in [0, 0.05) is 33.8 Å². The number of likely N-dealkylation sites (N-methyl/N-ethyl adjacent to an activating group) is 2. The fourth-order valence-electron chi connectivity index (χ4n) is 1.69. The van der Waals surface area contributed by atoms with E-state index in [0.717, 1.165) is 23.6 Å². The van der Waals surface area contributed by atoms with Gasteiger partial charge >= 0.3 is 0 Å². The summed E-state index contributed by atoms with van der Waals surface area (Å²) in [6, 6.07) is 0. The maximum atomic E-state index is 11.7. The largest absolute Gasteiger partial charge is 0.373 e. The maximum Gasteiger partial charge on any atom is 0.241 e. The number of nitrogens with zero attached hydrogens (tertiary/aromatic N) is 4. The van der Waals surface area contributed by atoms with E-state index >= 15 is 0 Å². The predicted octanol–water partition coefficient (Wildman–Crippen LogP) is 0.605. The van der Waals surface area contributed by atoms with E-state index in [9.17, 15) is 4.79 Å². The van der Waals surface area contributed by atoms with Gasteiger partial charge in [0.25, 0.3) is 0 Å². The van der Waals surface area contributed by atoms with Crippen LogP contribution >= 0.6 is 0 Å². The quantitative estimate of drug-likeness (QED) is 0.830. The number of nitrogens with one attached hydrogen (secondary N) is 1. The van der Waals surface area contributed by atoms with Gasteiger partial charge in [0.1, 0.15) is 18.0 Å². The van der Waals surface area contributed by atoms with Gasteiger partial charge in [-0.05, 0) is 6.42 Å². The Labute approximate surface area is 108 Å². The molecule has 1 aromatic rings. The van der Waals surface area contributed by atoms with Crippen molar-refractivity contribution in [2.45, 2.75) is 13.3 Å². The van der Waals surface area contributed by atoms with Crippen LogP contribution in [0.3, 0.4) is 0 Å². The third-order valence-corrected chi connectivity index (χ3v) is 2.75. The van der Waals surface area contributed by atoms with Gasteiger partial charge < -0.3 is 15.1 Å².